The predicted molar refractivity (Wildman–Crippen MR) is 75.4 cm³/mol. The maximum atomic E-state index is 10.4. The molecular weight excluding hydrogens is 236 g/mol. The molecule has 1 aliphatic carbocycles. The minimum absolute atomic E-state index is 0.529. The number of nitrogens with zero attached hydrogens (tertiary/aromatic N) is 1. The molecule has 2 rings (SSSR count). The zero-order valence-corrected chi connectivity index (χ0v) is 11.5. The molecule has 0 spiro atoms. The lowest BCUT2D eigenvalue weighted by Crippen LogP contribution is -2.43. The average molecular weight is 258 g/mol. The van der Waals surface area contributed by atoms with Gasteiger partial charge in [-0.25, -0.2) is 0 Å². The van der Waals surface area contributed by atoms with E-state index in [0.717, 1.165) is 43.7 Å². The Balaban J connectivity index is 1.78. The monoisotopic (exact) mass is 258 g/mol. The lowest BCUT2D eigenvalue weighted by atomic mass is 9.79. The van der Waals surface area contributed by atoms with E-state index in [0.29, 0.717) is 12.1 Å². The summed E-state index contributed by atoms with van der Waals surface area (Å²) in [6, 6.07) is 9.68. The molecule has 102 valence electrons. The molecular formula is C16H22N2O. The van der Waals surface area contributed by atoms with Crippen LogP contribution in [0.5, 0.6) is 0 Å². The van der Waals surface area contributed by atoms with Crippen molar-refractivity contribution in [3.8, 4) is 6.07 Å². The molecule has 1 saturated carbocycles. The molecule has 0 aromatic heterocycles. The molecule has 0 amide bonds. The van der Waals surface area contributed by atoms with E-state index in [1.54, 1.807) is 0 Å². The van der Waals surface area contributed by atoms with Gasteiger partial charge in [-0.3, -0.25) is 0 Å². The fraction of sp³-hybridized carbons (Fsp3) is 0.562. The number of benzene rings is 1. The second-order valence-electron chi connectivity index (χ2n) is 5.82. The topological polar surface area (TPSA) is 56.0 Å². The molecule has 0 atom stereocenters. The Bertz CT molecular complexity index is 439. The maximum Gasteiger partial charge on any atom is 0.0991 e. The maximum absolute atomic E-state index is 10.4. The normalized spacial score (nSPS) is 26.9. The van der Waals surface area contributed by atoms with E-state index in [1.165, 1.54) is 0 Å². The largest absolute Gasteiger partial charge is 0.389 e. The molecule has 0 radical (unpaired) electrons. The van der Waals surface area contributed by atoms with Crippen molar-refractivity contribution in [1.29, 1.82) is 5.26 Å². The molecule has 0 unspecified atom stereocenters. The van der Waals surface area contributed by atoms with Crippen LogP contribution in [-0.2, 0) is 6.54 Å². The second kappa shape index (κ2) is 6.18. The Morgan fingerprint density at radius 3 is 2.53 bits per heavy atom. The standard InChI is InChI=1S/C16H22N2O/c1-13-6-8-16(19,9-7-13)12-18-11-15-4-2-14(10-17)3-5-15/h2-5,13,18-19H,6-9,11-12H2,1H3. The Labute approximate surface area is 115 Å². The number of aliphatic hydroxyl groups is 1. The first-order valence-electron chi connectivity index (χ1n) is 7.03. The molecule has 3 nitrogen and oxygen atoms in total. The number of nitrogens with one attached hydrogen (secondary N) is 1. The van der Waals surface area contributed by atoms with Crippen LogP contribution in [0.2, 0.25) is 0 Å². The first kappa shape index (κ1) is 14.0. The summed E-state index contributed by atoms with van der Waals surface area (Å²) in [5, 5.41) is 22.5. The summed E-state index contributed by atoms with van der Waals surface area (Å²) >= 11 is 0. The van der Waals surface area contributed by atoms with E-state index in [1.807, 2.05) is 24.3 Å². The Kier molecular flexibility index (Phi) is 4.57. The van der Waals surface area contributed by atoms with Gasteiger partial charge < -0.3 is 10.4 Å². The molecule has 1 fully saturated rings. The van der Waals surface area contributed by atoms with Crippen LogP contribution in [0.4, 0.5) is 0 Å². The van der Waals surface area contributed by atoms with E-state index in [9.17, 15) is 5.11 Å². The number of hydrogen-bond acceptors (Lipinski definition) is 3. The third-order valence-corrected chi connectivity index (χ3v) is 4.07. The van der Waals surface area contributed by atoms with Crippen molar-refractivity contribution in [3.05, 3.63) is 35.4 Å². The average Bonchev–Trinajstić information content (AvgIpc) is 2.43. The van der Waals surface area contributed by atoms with Gasteiger partial charge in [0, 0.05) is 13.1 Å². The van der Waals surface area contributed by atoms with Crippen LogP contribution < -0.4 is 5.32 Å². The lowest BCUT2D eigenvalue weighted by molar-refractivity contribution is -0.00630. The van der Waals surface area contributed by atoms with E-state index in [4.69, 9.17) is 5.26 Å². The summed E-state index contributed by atoms with van der Waals surface area (Å²) in [5.41, 5.74) is 1.30. The first-order valence-corrected chi connectivity index (χ1v) is 7.03. The van der Waals surface area contributed by atoms with E-state index >= 15 is 0 Å². The fourth-order valence-corrected chi connectivity index (χ4v) is 2.61. The van der Waals surface area contributed by atoms with Gasteiger partial charge in [-0.2, -0.15) is 5.26 Å². The molecule has 0 saturated heterocycles. The summed E-state index contributed by atoms with van der Waals surface area (Å²) in [7, 11) is 0. The number of hydrogen-bond donors (Lipinski definition) is 2. The van der Waals surface area contributed by atoms with Gasteiger partial charge in [-0.1, -0.05) is 19.1 Å². The highest BCUT2D eigenvalue weighted by molar-refractivity contribution is 5.31. The van der Waals surface area contributed by atoms with Crippen LogP contribution in [0.15, 0.2) is 24.3 Å². The molecule has 19 heavy (non-hydrogen) atoms. The van der Waals surface area contributed by atoms with Crippen LogP contribution in [0, 0.1) is 17.2 Å². The van der Waals surface area contributed by atoms with Crippen molar-refractivity contribution in [1.82, 2.24) is 5.32 Å². The van der Waals surface area contributed by atoms with Crippen molar-refractivity contribution < 1.29 is 5.11 Å². The van der Waals surface area contributed by atoms with Gasteiger partial charge in [-0.05, 0) is 49.3 Å². The molecule has 0 bridgehead atoms. The summed E-state index contributed by atoms with van der Waals surface area (Å²) in [4.78, 5) is 0. The quantitative estimate of drug-likeness (QED) is 0.872. The van der Waals surface area contributed by atoms with Gasteiger partial charge in [-0.15, -0.1) is 0 Å². The highest BCUT2D eigenvalue weighted by Gasteiger charge is 2.31. The van der Waals surface area contributed by atoms with Gasteiger partial charge in [0.1, 0.15) is 0 Å². The van der Waals surface area contributed by atoms with Crippen molar-refractivity contribution in [2.75, 3.05) is 6.54 Å². The van der Waals surface area contributed by atoms with Gasteiger partial charge in [0.05, 0.1) is 17.2 Å². The Morgan fingerprint density at radius 2 is 1.95 bits per heavy atom. The molecule has 1 aromatic carbocycles. The van der Waals surface area contributed by atoms with Crippen LogP contribution in [-0.4, -0.2) is 17.3 Å². The minimum atomic E-state index is -0.529. The van der Waals surface area contributed by atoms with Gasteiger partial charge in [0.15, 0.2) is 0 Å². The summed E-state index contributed by atoms with van der Waals surface area (Å²) < 4.78 is 0. The van der Waals surface area contributed by atoms with Crippen LogP contribution in [0.3, 0.4) is 0 Å². The van der Waals surface area contributed by atoms with Gasteiger partial charge in [0.25, 0.3) is 0 Å². The molecule has 1 aromatic rings. The minimum Gasteiger partial charge on any atom is -0.389 e. The van der Waals surface area contributed by atoms with Crippen molar-refractivity contribution in [2.24, 2.45) is 5.92 Å². The van der Waals surface area contributed by atoms with Crippen molar-refractivity contribution >= 4 is 0 Å². The van der Waals surface area contributed by atoms with Gasteiger partial charge >= 0.3 is 0 Å². The highest BCUT2D eigenvalue weighted by atomic mass is 16.3. The summed E-state index contributed by atoms with van der Waals surface area (Å²) in [6.07, 6.45) is 4.03. The molecule has 0 aliphatic heterocycles. The molecule has 3 heteroatoms. The van der Waals surface area contributed by atoms with Crippen LogP contribution >= 0.6 is 0 Å². The predicted octanol–water partition coefficient (Wildman–Crippen LogP) is 2.59. The molecule has 1 aliphatic rings. The number of rotatable bonds is 4. The van der Waals surface area contributed by atoms with Crippen molar-refractivity contribution in [2.45, 2.75) is 44.8 Å². The zero-order valence-electron chi connectivity index (χ0n) is 11.5. The third kappa shape index (κ3) is 4.05. The molecule has 0 heterocycles. The third-order valence-electron chi connectivity index (χ3n) is 4.07. The summed E-state index contributed by atoms with van der Waals surface area (Å²) in [6.45, 7) is 3.65. The highest BCUT2D eigenvalue weighted by Crippen LogP contribution is 2.31. The fourth-order valence-electron chi connectivity index (χ4n) is 2.61. The van der Waals surface area contributed by atoms with Gasteiger partial charge in [0.2, 0.25) is 0 Å². The van der Waals surface area contributed by atoms with E-state index in [2.05, 4.69) is 18.3 Å². The SMILES string of the molecule is CC1CCC(O)(CNCc2ccc(C#N)cc2)CC1. The number of nitriles is 1. The zero-order chi connectivity index (χ0) is 13.7. The van der Waals surface area contributed by atoms with Crippen LogP contribution in [0.1, 0.15) is 43.7 Å². The van der Waals surface area contributed by atoms with Crippen LogP contribution in [0.25, 0.3) is 0 Å². The van der Waals surface area contributed by atoms with E-state index in [-0.39, 0.29) is 0 Å². The first-order chi connectivity index (χ1) is 9.11. The Morgan fingerprint density at radius 1 is 1.32 bits per heavy atom. The van der Waals surface area contributed by atoms with Crippen molar-refractivity contribution in [3.63, 3.8) is 0 Å². The smallest absolute Gasteiger partial charge is 0.0991 e. The summed E-state index contributed by atoms with van der Waals surface area (Å²) in [5.74, 6) is 0.749. The Hall–Kier alpha value is -1.37. The second-order valence-corrected chi connectivity index (χ2v) is 5.82. The van der Waals surface area contributed by atoms with E-state index < -0.39 is 5.60 Å². The molecule has 2 N–H and O–H groups in total. The lowest BCUT2D eigenvalue weighted by Gasteiger charge is -2.35.